The summed E-state index contributed by atoms with van der Waals surface area (Å²) in [7, 11) is 0. The predicted octanol–water partition coefficient (Wildman–Crippen LogP) is 3.09. The SMILES string of the molecule is Cc1ccc(NCc2ncc[nH]2)cc1Br. The fraction of sp³-hybridized carbons (Fsp3) is 0.182. The van der Waals surface area contributed by atoms with Crippen molar-refractivity contribution in [2.75, 3.05) is 5.32 Å². The number of anilines is 1. The Balaban J connectivity index is 2.02. The minimum Gasteiger partial charge on any atom is -0.378 e. The highest BCUT2D eigenvalue weighted by Gasteiger charge is 1.98. The van der Waals surface area contributed by atoms with Crippen LogP contribution >= 0.6 is 15.9 Å². The molecule has 0 radical (unpaired) electrons. The van der Waals surface area contributed by atoms with Crippen LogP contribution in [0.5, 0.6) is 0 Å². The standard InChI is InChI=1S/C11H12BrN3/c1-8-2-3-9(6-10(8)12)15-7-11-13-4-5-14-11/h2-6,15H,7H2,1H3,(H,13,14). The van der Waals surface area contributed by atoms with Crippen molar-refractivity contribution in [1.29, 1.82) is 0 Å². The molecule has 2 rings (SSSR count). The van der Waals surface area contributed by atoms with E-state index in [0.29, 0.717) is 6.54 Å². The normalized spacial score (nSPS) is 10.3. The van der Waals surface area contributed by atoms with Crippen molar-refractivity contribution in [2.24, 2.45) is 0 Å². The molecule has 0 aliphatic carbocycles. The van der Waals surface area contributed by atoms with Gasteiger partial charge in [0.1, 0.15) is 5.82 Å². The number of nitrogens with zero attached hydrogens (tertiary/aromatic N) is 1. The van der Waals surface area contributed by atoms with E-state index in [-0.39, 0.29) is 0 Å². The molecule has 2 N–H and O–H groups in total. The second-order valence-electron chi connectivity index (χ2n) is 3.35. The van der Waals surface area contributed by atoms with Crippen molar-refractivity contribution in [3.8, 4) is 0 Å². The summed E-state index contributed by atoms with van der Waals surface area (Å²) in [4.78, 5) is 7.19. The average molecular weight is 266 g/mol. The maximum atomic E-state index is 4.14. The van der Waals surface area contributed by atoms with Gasteiger partial charge in [-0.15, -0.1) is 0 Å². The number of hydrogen-bond donors (Lipinski definition) is 2. The lowest BCUT2D eigenvalue weighted by Gasteiger charge is -2.06. The van der Waals surface area contributed by atoms with E-state index in [0.717, 1.165) is 16.0 Å². The summed E-state index contributed by atoms with van der Waals surface area (Å²) in [5.74, 6) is 0.937. The zero-order chi connectivity index (χ0) is 10.7. The van der Waals surface area contributed by atoms with Crippen LogP contribution in [0, 0.1) is 6.92 Å². The number of aromatic amines is 1. The van der Waals surface area contributed by atoms with E-state index >= 15 is 0 Å². The number of aryl methyl sites for hydroxylation is 1. The quantitative estimate of drug-likeness (QED) is 0.896. The summed E-state index contributed by atoms with van der Waals surface area (Å²) < 4.78 is 1.12. The molecule has 78 valence electrons. The fourth-order valence-corrected chi connectivity index (χ4v) is 1.66. The molecule has 0 bridgehead atoms. The zero-order valence-corrected chi connectivity index (χ0v) is 10.0. The van der Waals surface area contributed by atoms with Gasteiger partial charge in [-0.2, -0.15) is 0 Å². The third kappa shape index (κ3) is 2.59. The second kappa shape index (κ2) is 4.49. The highest BCUT2D eigenvalue weighted by Crippen LogP contribution is 2.20. The number of aromatic nitrogens is 2. The van der Waals surface area contributed by atoms with Gasteiger partial charge in [0, 0.05) is 22.6 Å². The molecular formula is C11H12BrN3. The predicted molar refractivity (Wildman–Crippen MR) is 64.8 cm³/mol. The van der Waals surface area contributed by atoms with Crippen LogP contribution in [0.15, 0.2) is 35.1 Å². The van der Waals surface area contributed by atoms with Gasteiger partial charge in [0.05, 0.1) is 6.54 Å². The van der Waals surface area contributed by atoms with Crippen LogP contribution in [-0.4, -0.2) is 9.97 Å². The van der Waals surface area contributed by atoms with Gasteiger partial charge in [-0.05, 0) is 24.6 Å². The molecule has 0 unspecified atom stereocenters. The number of benzene rings is 1. The summed E-state index contributed by atoms with van der Waals surface area (Å²) in [6.07, 6.45) is 3.57. The Labute approximate surface area is 97.1 Å². The van der Waals surface area contributed by atoms with Gasteiger partial charge in [0.25, 0.3) is 0 Å². The van der Waals surface area contributed by atoms with Gasteiger partial charge in [-0.3, -0.25) is 0 Å². The average Bonchev–Trinajstić information content (AvgIpc) is 2.73. The molecule has 2 aromatic rings. The van der Waals surface area contributed by atoms with E-state index in [1.165, 1.54) is 5.56 Å². The lowest BCUT2D eigenvalue weighted by Crippen LogP contribution is -2.01. The Kier molecular flexibility index (Phi) is 3.06. The first-order valence-electron chi connectivity index (χ1n) is 4.74. The van der Waals surface area contributed by atoms with Gasteiger partial charge < -0.3 is 10.3 Å². The maximum absolute atomic E-state index is 4.14. The number of rotatable bonds is 3. The largest absolute Gasteiger partial charge is 0.378 e. The number of nitrogens with one attached hydrogen (secondary N) is 2. The smallest absolute Gasteiger partial charge is 0.125 e. The molecule has 4 heteroatoms. The monoisotopic (exact) mass is 265 g/mol. The Morgan fingerprint density at radius 3 is 3.00 bits per heavy atom. The summed E-state index contributed by atoms with van der Waals surface area (Å²) >= 11 is 3.50. The molecular weight excluding hydrogens is 254 g/mol. The number of H-pyrrole nitrogens is 1. The van der Waals surface area contributed by atoms with Gasteiger partial charge in [-0.1, -0.05) is 22.0 Å². The summed E-state index contributed by atoms with van der Waals surface area (Å²) in [6.45, 7) is 2.78. The van der Waals surface area contributed by atoms with Crippen LogP contribution in [0.4, 0.5) is 5.69 Å². The van der Waals surface area contributed by atoms with Crippen molar-refractivity contribution in [1.82, 2.24) is 9.97 Å². The lowest BCUT2D eigenvalue weighted by molar-refractivity contribution is 1.000. The first kappa shape index (κ1) is 10.2. The van der Waals surface area contributed by atoms with Crippen molar-refractivity contribution in [3.05, 3.63) is 46.5 Å². The van der Waals surface area contributed by atoms with Gasteiger partial charge in [0.2, 0.25) is 0 Å². The summed E-state index contributed by atoms with van der Waals surface area (Å²) in [5.41, 5.74) is 2.32. The Morgan fingerprint density at radius 1 is 1.47 bits per heavy atom. The highest BCUT2D eigenvalue weighted by atomic mass is 79.9. The molecule has 0 fully saturated rings. The third-order valence-electron chi connectivity index (χ3n) is 2.19. The summed E-state index contributed by atoms with van der Waals surface area (Å²) in [5, 5.41) is 3.29. The molecule has 0 saturated heterocycles. The molecule has 0 saturated carbocycles. The van der Waals surface area contributed by atoms with Gasteiger partial charge >= 0.3 is 0 Å². The van der Waals surface area contributed by atoms with Crippen LogP contribution in [0.2, 0.25) is 0 Å². The van der Waals surface area contributed by atoms with E-state index in [9.17, 15) is 0 Å². The number of hydrogen-bond acceptors (Lipinski definition) is 2. The molecule has 0 atom stereocenters. The van der Waals surface area contributed by atoms with E-state index < -0.39 is 0 Å². The van der Waals surface area contributed by atoms with Crippen molar-refractivity contribution in [2.45, 2.75) is 13.5 Å². The minimum atomic E-state index is 0.711. The first-order chi connectivity index (χ1) is 7.25. The molecule has 1 aromatic carbocycles. The maximum Gasteiger partial charge on any atom is 0.125 e. The second-order valence-corrected chi connectivity index (χ2v) is 4.21. The molecule has 1 heterocycles. The van der Waals surface area contributed by atoms with E-state index in [1.807, 2.05) is 6.20 Å². The van der Waals surface area contributed by atoms with Gasteiger partial charge in [-0.25, -0.2) is 4.98 Å². The zero-order valence-electron chi connectivity index (χ0n) is 8.42. The molecule has 0 amide bonds. The topological polar surface area (TPSA) is 40.7 Å². The Morgan fingerprint density at radius 2 is 2.33 bits per heavy atom. The Bertz CT molecular complexity index is 437. The third-order valence-corrected chi connectivity index (χ3v) is 3.04. The molecule has 15 heavy (non-hydrogen) atoms. The van der Waals surface area contributed by atoms with Crippen molar-refractivity contribution >= 4 is 21.6 Å². The van der Waals surface area contributed by atoms with E-state index in [1.54, 1.807) is 6.20 Å². The molecule has 1 aromatic heterocycles. The van der Waals surface area contributed by atoms with Crippen LogP contribution in [-0.2, 0) is 6.54 Å². The van der Waals surface area contributed by atoms with Crippen molar-refractivity contribution < 1.29 is 0 Å². The number of imidazole rings is 1. The highest BCUT2D eigenvalue weighted by molar-refractivity contribution is 9.10. The number of halogens is 1. The molecule has 0 aliphatic heterocycles. The van der Waals surface area contributed by atoms with E-state index in [4.69, 9.17) is 0 Å². The van der Waals surface area contributed by atoms with Crippen molar-refractivity contribution in [3.63, 3.8) is 0 Å². The molecule has 3 nitrogen and oxygen atoms in total. The summed E-state index contributed by atoms with van der Waals surface area (Å²) in [6, 6.07) is 6.20. The van der Waals surface area contributed by atoms with Crippen LogP contribution in [0.25, 0.3) is 0 Å². The molecule has 0 spiro atoms. The van der Waals surface area contributed by atoms with Crippen LogP contribution < -0.4 is 5.32 Å². The van der Waals surface area contributed by atoms with Crippen LogP contribution in [0.1, 0.15) is 11.4 Å². The fourth-order valence-electron chi connectivity index (χ4n) is 1.28. The lowest BCUT2D eigenvalue weighted by atomic mass is 10.2. The Hall–Kier alpha value is -1.29. The minimum absolute atomic E-state index is 0.711. The van der Waals surface area contributed by atoms with Gasteiger partial charge in [0.15, 0.2) is 0 Å². The van der Waals surface area contributed by atoms with Crippen LogP contribution in [0.3, 0.4) is 0 Å². The first-order valence-corrected chi connectivity index (χ1v) is 5.53. The molecule has 0 aliphatic rings. The van der Waals surface area contributed by atoms with E-state index in [2.05, 4.69) is 56.3 Å².